The monoisotopic (exact) mass is 273 g/mol. The number of nitrogens with one attached hydrogen (secondary N) is 3. The van der Waals surface area contributed by atoms with Gasteiger partial charge in [-0.05, 0) is 38.4 Å². The number of carbonyl (C=O) groups is 1. The Morgan fingerprint density at radius 3 is 2.80 bits per heavy atom. The van der Waals surface area contributed by atoms with Crippen LogP contribution in [0, 0.1) is 0 Å². The Hall–Kier alpha value is -1.81. The van der Waals surface area contributed by atoms with Crippen LogP contribution in [-0.4, -0.2) is 29.5 Å². The Balaban J connectivity index is 1.92. The van der Waals surface area contributed by atoms with E-state index in [0.717, 1.165) is 18.5 Å². The van der Waals surface area contributed by atoms with Crippen molar-refractivity contribution in [2.24, 2.45) is 0 Å². The molecule has 4 heteroatoms. The molecule has 20 heavy (non-hydrogen) atoms. The number of para-hydroxylation sites is 1. The summed E-state index contributed by atoms with van der Waals surface area (Å²) in [7, 11) is 0. The van der Waals surface area contributed by atoms with E-state index in [9.17, 15) is 4.79 Å². The van der Waals surface area contributed by atoms with Gasteiger partial charge in [0.15, 0.2) is 0 Å². The molecule has 0 unspecified atom stereocenters. The first-order valence-corrected chi connectivity index (χ1v) is 7.13. The van der Waals surface area contributed by atoms with E-state index in [1.165, 1.54) is 10.9 Å². The summed E-state index contributed by atoms with van der Waals surface area (Å²) in [5.41, 5.74) is 1.86. The van der Waals surface area contributed by atoms with Crippen molar-refractivity contribution in [2.75, 3.05) is 13.1 Å². The molecule has 1 aromatic carbocycles. The molecule has 0 aliphatic heterocycles. The third-order valence-corrected chi connectivity index (χ3v) is 3.54. The van der Waals surface area contributed by atoms with Gasteiger partial charge in [0.2, 0.25) is 5.91 Å². The molecule has 0 fully saturated rings. The first-order chi connectivity index (χ1) is 9.54. The van der Waals surface area contributed by atoms with Crippen LogP contribution in [0.2, 0.25) is 0 Å². The molecule has 1 aromatic heterocycles. The average molecular weight is 273 g/mol. The maximum Gasteiger partial charge on any atom is 0.239 e. The first-order valence-electron chi connectivity index (χ1n) is 7.13. The van der Waals surface area contributed by atoms with Crippen molar-refractivity contribution in [2.45, 2.75) is 32.7 Å². The fourth-order valence-corrected chi connectivity index (χ4v) is 2.39. The third-order valence-electron chi connectivity index (χ3n) is 3.54. The number of fused-ring (bicyclic) bond motifs is 1. The minimum absolute atomic E-state index is 0.0409. The lowest BCUT2D eigenvalue weighted by atomic mass is 10.0. The SMILES string of the molecule is CCNC(C)(C)C(=O)NCCc1c[nH]c2ccccc12. The lowest BCUT2D eigenvalue weighted by Crippen LogP contribution is -2.52. The van der Waals surface area contributed by atoms with Crippen molar-refractivity contribution >= 4 is 16.8 Å². The Kier molecular flexibility index (Phi) is 4.45. The zero-order valence-electron chi connectivity index (χ0n) is 12.4. The predicted molar refractivity (Wildman–Crippen MR) is 82.8 cm³/mol. The fourth-order valence-electron chi connectivity index (χ4n) is 2.39. The lowest BCUT2D eigenvalue weighted by molar-refractivity contribution is -0.126. The second-order valence-corrected chi connectivity index (χ2v) is 5.52. The van der Waals surface area contributed by atoms with E-state index in [4.69, 9.17) is 0 Å². The summed E-state index contributed by atoms with van der Waals surface area (Å²) < 4.78 is 0. The predicted octanol–water partition coefficient (Wildman–Crippen LogP) is 2.21. The molecule has 2 rings (SSSR count). The summed E-state index contributed by atoms with van der Waals surface area (Å²) in [6, 6.07) is 8.22. The van der Waals surface area contributed by atoms with Crippen molar-refractivity contribution in [1.82, 2.24) is 15.6 Å². The Bertz CT molecular complexity index is 586. The minimum Gasteiger partial charge on any atom is -0.361 e. The zero-order valence-corrected chi connectivity index (χ0v) is 12.4. The van der Waals surface area contributed by atoms with Crippen LogP contribution in [0.3, 0.4) is 0 Å². The van der Waals surface area contributed by atoms with Gasteiger partial charge in [-0.25, -0.2) is 0 Å². The van der Waals surface area contributed by atoms with Crippen LogP contribution >= 0.6 is 0 Å². The maximum absolute atomic E-state index is 12.1. The molecular formula is C16H23N3O. The number of rotatable bonds is 6. The molecule has 4 nitrogen and oxygen atoms in total. The molecule has 0 bridgehead atoms. The second kappa shape index (κ2) is 6.09. The van der Waals surface area contributed by atoms with Crippen LogP contribution in [-0.2, 0) is 11.2 Å². The highest BCUT2D eigenvalue weighted by Crippen LogP contribution is 2.17. The number of aromatic nitrogens is 1. The van der Waals surface area contributed by atoms with Gasteiger partial charge in [-0.15, -0.1) is 0 Å². The Morgan fingerprint density at radius 2 is 2.05 bits per heavy atom. The zero-order chi connectivity index (χ0) is 14.6. The third kappa shape index (κ3) is 3.20. The molecule has 1 heterocycles. The Labute approximate surface area is 120 Å². The topological polar surface area (TPSA) is 56.9 Å². The first kappa shape index (κ1) is 14.6. The summed E-state index contributed by atoms with van der Waals surface area (Å²) >= 11 is 0. The lowest BCUT2D eigenvalue weighted by Gasteiger charge is -2.24. The van der Waals surface area contributed by atoms with Gasteiger partial charge in [-0.1, -0.05) is 25.1 Å². The van der Waals surface area contributed by atoms with E-state index in [0.29, 0.717) is 6.54 Å². The van der Waals surface area contributed by atoms with E-state index in [1.807, 2.05) is 39.1 Å². The van der Waals surface area contributed by atoms with E-state index in [1.54, 1.807) is 0 Å². The summed E-state index contributed by atoms with van der Waals surface area (Å²) in [5, 5.41) is 7.40. The molecule has 0 saturated heterocycles. The van der Waals surface area contributed by atoms with Crippen LogP contribution in [0.1, 0.15) is 26.3 Å². The summed E-state index contributed by atoms with van der Waals surface area (Å²) in [6.07, 6.45) is 2.85. The van der Waals surface area contributed by atoms with Crippen LogP contribution < -0.4 is 10.6 Å². The average Bonchev–Trinajstić information content (AvgIpc) is 2.82. The van der Waals surface area contributed by atoms with E-state index < -0.39 is 5.54 Å². The molecular weight excluding hydrogens is 250 g/mol. The molecule has 0 atom stereocenters. The van der Waals surface area contributed by atoms with Crippen molar-refractivity contribution in [3.8, 4) is 0 Å². The van der Waals surface area contributed by atoms with Crippen LogP contribution in [0.15, 0.2) is 30.5 Å². The summed E-state index contributed by atoms with van der Waals surface area (Å²) in [6.45, 7) is 7.23. The molecule has 0 aliphatic carbocycles. The number of H-pyrrole nitrogens is 1. The highest BCUT2D eigenvalue weighted by atomic mass is 16.2. The highest BCUT2D eigenvalue weighted by molar-refractivity contribution is 5.85. The Morgan fingerprint density at radius 1 is 1.30 bits per heavy atom. The molecule has 0 aliphatic rings. The molecule has 0 spiro atoms. The van der Waals surface area contributed by atoms with E-state index in [2.05, 4.69) is 27.8 Å². The van der Waals surface area contributed by atoms with Gasteiger partial charge in [-0.2, -0.15) is 0 Å². The molecule has 0 radical (unpaired) electrons. The van der Waals surface area contributed by atoms with Gasteiger partial charge >= 0.3 is 0 Å². The largest absolute Gasteiger partial charge is 0.361 e. The molecule has 0 saturated carbocycles. The van der Waals surface area contributed by atoms with Gasteiger partial charge in [0.25, 0.3) is 0 Å². The number of hydrogen-bond acceptors (Lipinski definition) is 2. The minimum atomic E-state index is -0.519. The smallest absolute Gasteiger partial charge is 0.239 e. The second-order valence-electron chi connectivity index (χ2n) is 5.52. The molecule has 1 amide bonds. The van der Waals surface area contributed by atoms with E-state index >= 15 is 0 Å². The quantitative estimate of drug-likeness (QED) is 0.756. The van der Waals surface area contributed by atoms with Crippen LogP contribution in [0.4, 0.5) is 0 Å². The van der Waals surface area contributed by atoms with Crippen LogP contribution in [0.25, 0.3) is 10.9 Å². The van der Waals surface area contributed by atoms with Gasteiger partial charge in [0.05, 0.1) is 5.54 Å². The number of hydrogen-bond donors (Lipinski definition) is 3. The van der Waals surface area contributed by atoms with Crippen molar-refractivity contribution < 1.29 is 4.79 Å². The number of carbonyl (C=O) groups excluding carboxylic acids is 1. The van der Waals surface area contributed by atoms with Crippen molar-refractivity contribution in [3.63, 3.8) is 0 Å². The molecule has 2 aromatic rings. The number of aromatic amines is 1. The van der Waals surface area contributed by atoms with Gasteiger partial charge in [0, 0.05) is 23.6 Å². The standard InChI is InChI=1S/C16H23N3O/c1-4-19-16(2,3)15(20)17-10-9-12-11-18-14-8-6-5-7-13(12)14/h5-8,11,18-19H,4,9-10H2,1-3H3,(H,17,20). The van der Waals surface area contributed by atoms with Crippen molar-refractivity contribution in [1.29, 1.82) is 0 Å². The summed E-state index contributed by atoms with van der Waals surface area (Å²) in [4.78, 5) is 15.3. The normalized spacial score (nSPS) is 11.8. The fraction of sp³-hybridized carbons (Fsp3) is 0.438. The summed E-state index contributed by atoms with van der Waals surface area (Å²) in [5.74, 6) is 0.0409. The van der Waals surface area contributed by atoms with Gasteiger partial charge < -0.3 is 15.6 Å². The molecule has 3 N–H and O–H groups in total. The number of amides is 1. The van der Waals surface area contributed by atoms with Gasteiger partial charge in [0.1, 0.15) is 0 Å². The molecule has 108 valence electrons. The maximum atomic E-state index is 12.1. The van der Waals surface area contributed by atoms with Crippen molar-refractivity contribution in [3.05, 3.63) is 36.0 Å². The van der Waals surface area contributed by atoms with Gasteiger partial charge in [-0.3, -0.25) is 4.79 Å². The highest BCUT2D eigenvalue weighted by Gasteiger charge is 2.25. The number of likely N-dealkylation sites (N-methyl/N-ethyl adjacent to an activating group) is 1. The van der Waals surface area contributed by atoms with Crippen LogP contribution in [0.5, 0.6) is 0 Å². The number of benzene rings is 1. The van der Waals surface area contributed by atoms with E-state index in [-0.39, 0.29) is 5.91 Å².